The Morgan fingerprint density at radius 2 is 1.96 bits per heavy atom. The van der Waals surface area contributed by atoms with Crippen molar-refractivity contribution in [1.29, 1.82) is 0 Å². The van der Waals surface area contributed by atoms with Gasteiger partial charge in [0.2, 0.25) is 0 Å². The first-order chi connectivity index (χ1) is 11.9. The molecule has 0 saturated carbocycles. The van der Waals surface area contributed by atoms with E-state index < -0.39 is 0 Å². The number of fused-ring (bicyclic) bond motifs is 1. The summed E-state index contributed by atoms with van der Waals surface area (Å²) in [6, 6.07) is 3.75. The molecule has 0 spiro atoms. The third-order valence-electron chi connectivity index (χ3n) is 4.80. The number of hydrogen-bond donors (Lipinski definition) is 0. The van der Waals surface area contributed by atoms with E-state index in [9.17, 15) is 4.79 Å². The lowest BCUT2D eigenvalue weighted by Gasteiger charge is -2.23. The third-order valence-corrected chi connectivity index (χ3v) is 4.80. The smallest absolute Gasteiger partial charge is 0.275 e. The summed E-state index contributed by atoms with van der Waals surface area (Å²) in [7, 11) is 1.98. The summed E-state index contributed by atoms with van der Waals surface area (Å²) in [5.41, 5.74) is 4.02. The predicted octanol–water partition coefficient (Wildman–Crippen LogP) is 2.37. The second kappa shape index (κ2) is 5.68. The lowest BCUT2D eigenvalue weighted by Crippen LogP contribution is -2.32. The molecule has 130 valence electrons. The number of carbonyl (C=O) groups is 1. The lowest BCUT2D eigenvalue weighted by atomic mass is 10.2. The van der Waals surface area contributed by atoms with Crippen LogP contribution in [0.25, 0.3) is 5.65 Å². The van der Waals surface area contributed by atoms with Gasteiger partial charge in [0.25, 0.3) is 5.91 Å². The van der Waals surface area contributed by atoms with E-state index in [-0.39, 0.29) is 11.9 Å². The van der Waals surface area contributed by atoms with E-state index in [1.165, 1.54) is 0 Å². The van der Waals surface area contributed by atoms with Gasteiger partial charge in [0.05, 0.1) is 11.7 Å². The Labute approximate surface area is 146 Å². The number of nitrogens with zero attached hydrogens (tertiary/aromatic N) is 6. The Balaban J connectivity index is 1.70. The second-order valence-electron chi connectivity index (χ2n) is 6.85. The fourth-order valence-electron chi connectivity index (χ4n) is 3.76. The van der Waals surface area contributed by atoms with Crippen molar-refractivity contribution in [1.82, 2.24) is 29.0 Å². The number of imidazole rings is 1. The summed E-state index contributed by atoms with van der Waals surface area (Å²) in [6.45, 7) is 6.62. The van der Waals surface area contributed by atoms with Crippen molar-refractivity contribution in [2.24, 2.45) is 7.05 Å². The van der Waals surface area contributed by atoms with Crippen molar-refractivity contribution in [2.45, 2.75) is 39.7 Å². The molecule has 3 aromatic rings. The number of aromatic nitrogens is 5. The Hall–Kier alpha value is -2.70. The minimum absolute atomic E-state index is 0.00630. The number of amides is 1. The number of aryl methyl sites for hydroxylation is 4. The number of likely N-dealkylation sites (tertiary alicyclic amines) is 1. The minimum Gasteiger partial charge on any atom is -0.336 e. The zero-order valence-electron chi connectivity index (χ0n) is 15.0. The first-order valence-electron chi connectivity index (χ1n) is 8.59. The summed E-state index contributed by atoms with van der Waals surface area (Å²) in [5, 5.41) is 4.49. The molecule has 4 rings (SSSR count). The first-order valence-corrected chi connectivity index (χ1v) is 8.59. The Morgan fingerprint density at radius 1 is 1.16 bits per heavy atom. The molecule has 4 heterocycles. The minimum atomic E-state index is -0.0503. The Morgan fingerprint density at radius 3 is 2.68 bits per heavy atom. The van der Waals surface area contributed by atoms with Crippen molar-refractivity contribution in [3.63, 3.8) is 0 Å². The topological polar surface area (TPSA) is 68.3 Å². The quantitative estimate of drug-likeness (QED) is 0.719. The maximum atomic E-state index is 13.1. The van der Waals surface area contributed by atoms with Crippen LogP contribution in [0.15, 0.2) is 18.3 Å². The molecule has 0 N–H and O–H groups in total. The van der Waals surface area contributed by atoms with E-state index in [0.29, 0.717) is 11.3 Å². The highest BCUT2D eigenvalue weighted by molar-refractivity contribution is 5.93. The van der Waals surface area contributed by atoms with Gasteiger partial charge < -0.3 is 9.47 Å². The normalized spacial score (nSPS) is 17.6. The Bertz CT molecular complexity index is 970. The molecule has 1 aliphatic heterocycles. The number of hydrogen-bond acceptors (Lipinski definition) is 4. The van der Waals surface area contributed by atoms with Crippen LogP contribution in [0.5, 0.6) is 0 Å². The average Bonchev–Trinajstić information content (AvgIpc) is 3.24. The van der Waals surface area contributed by atoms with Crippen molar-refractivity contribution in [3.05, 3.63) is 46.9 Å². The highest BCUT2D eigenvalue weighted by Gasteiger charge is 2.34. The molecule has 1 saturated heterocycles. The van der Waals surface area contributed by atoms with Crippen LogP contribution in [0.4, 0.5) is 0 Å². The maximum Gasteiger partial charge on any atom is 0.275 e. The summed E-state index contributed by atoms with van der Waals surface area (Å²) in [6.07, 6.45) is 3.91. The van der Waals surface area contributed by atoms with Gasteiger partial charge in [0.1, 0.15) is 5.82 Å². The number of rotatable bonds is 2. The molecule has 7 nitrogen and oxygen atoms in total. The van der Waals surface area contributed by atoms with Gasteiger partial charge >= 0.3 is 0 Å². The van der Waals surface area contributed by atoms with E-state index in [1.54, 1.807) is 10.6 Å². The molecule has 0 aromatic carbocycles. The molecule has 25 heavy (non-hydrogen) atoms. The monoisotopic (exact) mass is 338 g/mol. The number of carbonyl (C=O) groups excluding carboxylic acids is 1. The highest BCUT2D eigenvalue weighted by Crippen LogP contribution is 2.32. The second-order valence-corrected chi connectivity index (χ2v) is 6.85. The van der Waals surface area contributed by atoms with Crippen molar-refractivity contribution in [3.8, 4) is 0 Å². The summed E-state index contributed by atoms with van der Waals surface area (Å²) >= 11 is 0. The van der Waals surface area contributed by atoms with Crippen molar-refractivity contribution < 1.29 is 4.79 Å². The first kappa shape index (κ1) is 15.8. The van der Waals surface area contributed by atoms with Crippen LogP contribution in [0, 0.1) is 20.8 Å². The summed E-state index contributed by atoms with van der Waals surface area (Å²) < 4.78 is 3.75. The van der Waals surface area contributed by atoms with Gasteiger partial charge in [-0.1, -0.05) is 0 Å². The highest BCUT2D eigenvalue weighted by atomic mass is 16.2. The fraction of sp³-hybridized carbons (Fsp3) is 0.444. The van der Waals surface area contributed by atoms with Crippen LogP contribution in [-0.4, -0.2) is 41.5 Å². The van der Waals surface area contributed by atoms with Gasteiger partial charge in [0, 0.05) is 37.2 Å². The molecule has 1 atom stereocenters. The molecule has 1 unspecified atom stereocenters. The zero-order valence-corrected chi connectivity index (χ0v) is 15.0. The van der Waals surface area contributed by atoms with Gasteiger partial charge in [-0.15, -0.1) is 0 Å². The van der Waals surface area contributed by atoms with Crippen molar-refractivity contribution in [2.75, 3.05) is 6.54 Å². The molecule has 0 bridgehead atoms. The van der Waals surface area contributed by atoms with E-state index in [1.807, 2.05) is 49.5 Å². The molecular weight excluding hydrogens is 316 g/mol. The third kappa shape index (κ3) is 2.59. The standard InChI is InChI=1S/C18H22N6O/c1-11-8-13(3)24-16(19-11)9-14(21-24)18(25)23-7-5-6-15(23)17-20-12(2)10-22(17)4/h8-10,15H,5-7H2,1-4H3. The molecular formula is C18H22N6O. The molecule has 0 aliphatic carbocycles. The fourth-order valence-corrected chi connectivity index (χ4v) is 3.76. The van der Waals surface area contributed by atoms with Crippen LogP contribution in [0.3, 0.4) is 0 Å². The van der Waals surface area contributed by atoms with Gasteiger partial charge in [-0.05, 0) is 39.7 Å². The van der Waals surface area contributed by atoms with Gasteiger partial charge in [0.15, 0.2) is 11.3 Å². The van der Waals surface area contributed by atoms with Gasteiger partial charge in [-0.25, -0.2) is 14.5 Å². The van der Waals surface area contributed by atoms with Gasteiger partial charge in [-0.3, -0.25) is 4.79 Å². The van der Waals surface area contributed by atoms with Crippen molar-refractivity contribution >= 4 is 11.6 Å². The molecule has 0 radical (unpaired) electrons. The molecule has 1 fully saturated rings. The molecule has 7 heteroatoms. The molecule has 1 amide bonds. The van der Waals surface area contributed by atoms with E-state index >= 15 is 0 Å². The summed E-state index contributed by atoms with van der Waals surface area (Å²) in [5.74, 6) is 0.892. The van der Waals surface area contributed by atoms with E-state index in [4.69, 9.17) is 0 Å². The van der Waals surface area contributed by atoms with E-state index in [0.717, 1.165) is 42.3 Å². The van der Waals surface area contributed by atoms with Crippen LogP contribution >= 0.6 is 0 Å². The summed E-state index contributed by atoms with van der Waals surface area (Å²) in [4.78, 5) is 24.1. The lowest BCUT2D eigenvalue weighted by molar-refractivity contribution is 0.0721. The van der Waals surface area contributed by atoms with Gasteiger partial charge in [-0.2, -0.15) is 5.10 Å². The molecule has 1 aliphatic rings. The Kier molecular flexibility index (Phi) is 3.59. The van der Waals surface area contributed by atoms with Crippen LogP contribution in [0.2, 0.25) is 0 Å². The van der Waals surface area contributed by atoms with Crippen LogP contribution in [0.1, 0.15) is 52.3 Å². The average molecular weight is 338 g/mol. The largest absolute Gasteiger partial charge is 0.336 e. The SMILES string of the molecule is Cc1cn(C)c(C2CCCN2C(=O)c2cc3nc(C)cc(C)n3n2)n1. The maximum absolute atomic E-state index is 13.1. The molecule has 3 aromatic heterocycles. The predicted molar refractivity (Wildman–Crippen MR) is 93.4 cm³/mol. The zero-order chi connectivity index (χ0) is 17.7. The van der Waals surface area contributed by atoms with Crippen LogP contribution < -0.4 is 0 Å². The van der Waals surface area contributed by atoms with E-state index in [2.05, 4.69) is 15.1 Å². The van der Waals surface area contributed by atoms with Crippen LogP contribution in [-0.2, 0) is 7.05 Å².